The SMILES string of the molecule is CC(NCC1(c2ccc(Cl)cc2)CCCC1)c1nnnn1C. The van der Waals surface area contributed by atoms with Gasteiger partial charge < -0.3 is 5.32 Å². The van der Waals surface area contributed by atoms with Crippen molar-refractivity contribution in [1.29, 1.82) is 0 Å². The van der Waals surface area contributed by atoms with Gasteiger partial charge in [-0.3, -0.25) is 0 Å². The van der Waals surface area contributed by atoms with Gasteiger partial charge in [-0.2, -0.15) is 0 Å². The van der Waals surface area contributed by atoms with Crippen LogP contribution in [0, 0.1) is 0 Å². The molecule has 6 heteroatoms. The second-order valence-electron chi connectivity index (χ2n) is 6.26. The van der Waals surface area contributed by atoms with Crippen molar-refractivity contribution in [3.8, 4) is 0 Å². The van der Waals surface area contributed by atoms with E-state index in [0.717, 1.165) is 17.4 Å². The molecule has 1 aliphatic rings. The Kier molecular flexibility index (Phi) is 4.45. The van der Waals surface area contributed by atoms with Gasteiger partial charge >= 0.3 is 0 Å². The van der Waals surface area contributed by atoms with Crippen LogP contribution in [0.1, 0.15) is 50.0 Å². The minimum atomic E-state index is 0.129. The van der Waals surface area contributed by atoms with Gasteiger partial charge in [0.15, 0.2) is 5.82 Å². The van der Waals surface area contributed by atoms with Gasteiger partial charge in [0.1, 0.15) is 0 Å². The molecule has 1 aromatic carbocycles. The van der Waals surface area contributed by atoms with E-state index in [-0.39, 0.29) is 11.5 Å². The third-order valence-corrected chi connectivity index (χ3v) is 5.06. The lowest BCUT2D eigenvalue weighted by atomic mass is 9.78. The largest absolute Gasteiger partial charge is 0.307 e. The van der Waals surface area contributed by atoms with E-state index in [9.17, 15) is 0 Å². The lowest BCUT2D eigenvalue weighted by molar-refractivity contribution is 0.374. The number of hydrogen-bond donors (Lipinski definition) is 1. The summed E-state index contributed by atoms with van der Waals surface area (Å²) in [5.41, 5.74) is 1.58. The first kappa shape index (κ1) is 15.4. The number of benzene rings is 1. The van der Waals surface area contributed by atoms with Gasteiger partial charge in [0.25, 0.3) is 0 Å². The molecule has 0 radical (unpaired) electrons. The van der Waals surface area contributed by atoms with Crippen molar-refractivity contribution in [3.63, 3.8) is 0 Å². The molecule has 1 fully saturated rings. The summed E-state index contributed by atoms with van der Waals surface area (Å²) < 4.78 is 1.72. The monoisotopic (exact) mass is 319 g/mol. The molecule has 1 unspecified atom stereocenters. The van der Waals surface area contributed by atoms with Crippen LogP contribution >= 0.6 is 11.6 Å². The number of aryl methyl sites for hydroxylation is 1. The molecular weight excluding hydrogens is 298 g/mol. The molecule has 0 bridgehead atoms. The third kappa shape index (κ3) is 3.01. The van der Waals surface area contributed by atoms with E-state index >= 15 is 0 Å². The number of nitrogens with one attached hydrogen (secondary N) is 1. The van der Waals surface area contributed by atoms with Crippen molar-refractivity contribution < 1.29 is 0 Å². The van der Waals surface area contributed by atoms with Gasteiger partial charge in [-0.1, -0.05) is 36.6 Å². The number of hydrogen-bond acceptors (Lipinski definition) is 4. The molecule has 0 saturated heterocycles. The third-order valence-electron chi connectivity index (χ3n) is 4.80. The van der Waals surface area contributed by atoms with Crippen LogP contribution in [0.4, 0.5) is 0 Å². The highest BCUT2D eigenvalue weighted by molar-refractivity contribution is 6.30. The lowest BCUT2D eigenvalue weighted by Crippen LogP contribution is -2.37. The maximum absolute atomic E-state index is 6.04. The minimum Gasteiger partial charge on any atom is -0.307 e. The lowest BCUT2D eigenvalue weighted by Gasteiger charge is -2.31. The molecule has 118 valence electrons. The van der Waals surface area contributed by atoms with E-state index in [1.165, 1.54) is 31.2 Å². The molecule has 22 heavy (non-hydrogen) atoms. The highest BCUT2D eigenvalue weighted by atomic mass is 35.5. The van der Waals surface area contributed by atoms with Crippen molar-refractivity contribution in [2.24, 2.45) is 7.05 Å². The number of tetrazole rings is 1. The van der Waals surface area contributed by atoms with E-state index in [0.29, 0.717) is 0 Å². The Balaban J connectivity index is 1.75. The van der Waals surface area contributed by atoms with Crippen LogP contribution in [0.2, 0.25) is 5.02 Å². The van der Waals surface area contributed by atoms with Crippen LogP contribution in [0.15, 0.2) is 24.3 Å². The van der Waals surface area contributed by atoms with Gasteiger partial charge in [0, 0.05) is 24.0 Å². The first-order valence-electron chi connectivity index (χ1n) is 7.82. The zero-order chi connectivity index (χ0) is 15.6. The summed E-state index contributed by atoms with van der Waals surface area (Å²) in [4.78, 5) is 0. The Labute approximate surface area is 136 Å². The average molecular weight is 320 g/mol. The Bertz CT molecular complexity index is 616. The van der Waals surface area contributed by atoms with Gasteiger partial charge in [-0.25, -0.2) is 4.68 Å². The average Bonchev–Trinajstić information content (AvgIpc) is 3.15. The van der Waals surface area contributed by atoms with Gasteiger partial charge in [-0.05, 0) is 47.9 Å². The van der Waals surface area contributed by atoms with Crippen molar-refractivity contribution in [2.75, 3.05) is 6.54 Å². The molecule has 1 atom stereocenters. The number of aromatic nitrogens is 4. The zero-order valence-corrected chi connectivity index (χ0v) is 13.8. The zero-order valence-electron chi connectivity index (χ0n) is 13.1. The van der Waals surface area contributed by atoms with E-state index in [1.54, 1.807) is 4.68 Å². The Morgan fingerprint density at radius 3 is 2.55 bits per heavy atom. The van der Waals surface area contributed by atoms with Gasteiger partial charge in [-0.15, -0.1) is 5.10 Å². The van der Waals surface area contributed by atoms with Crippen molar-refractivity contribution in [2.45, 2.75) is 44.1 Å². The van der Waals surface area contributed by atoms with Gasteiger partial charge in [0.2, 0.25) is 0 Å². The van der Waals surface area contributed by atoms with Crippen LogP contribution in [-0.2, 0) is 12.5 Å². The summed E-state index contributed by atoms with van der Waals surface area (Å²) >= 11 is 6.04. The van der Waals surface area contributed by atoms with Crippen molar-refractivity contribution in [3.05, 3.63) is 40.7 Å². The molecule has 1 aromatic heterocycles. The van der Waals surface area contributed by atoms with E-state index in [2.05, 4.69) is 39.9 Å². The van der Waals surface area contributed by atoms with Crippen LogP contribution in [-0.4, -0.2) is 26.8 Å². The van der Waals surface area contributed by atoms with Crippen LogP contribution in [0.3, 0.4) is 0 Å². The first-order chi connectivity index (χ1) is 10.6. The topological polar surface area (TPSA) is 55.6 Å². The highest BCUT2D eigenvalue weighted by Gasteiger charge is 2.35. The molecule has 5 nitrogen and oxygen atoms in total. The quantitative estimate of drug-likeness (QED) is 0.920. The van der Waals surface area contributed by atoms with Crippen LogP contribution < -0.4 is 5.32 Å². The Hall–Kier alpha value is -1.46. The van der Waals surface area contributed by atoms with Crippen molar-refractivity contribution in [1.82, 2.24) is 25.5 Å². The molecule has 3 rings (SSSR count). The van der Waals surface area contributed by atoms with Crippen LogP contribution in [0.5, 0.6) is 0 Å². The summed E-state index contributed by atoms with van der Waals surface area (Å²) in [6.07, 6.45) is 4.99. The normalized spacial score (nSPS) is 18.5. The molecule has 1 aliphatic carbocycles. The fourth-order valence-electron chi connectivity index (χ4n) is 3.47. The van der Waals surface area contributed by atoms with Crippen molar-refractivity contribution >= 4 is 11.6 Å². The Morgan fingerprint density at radius 1 is 1.27 bits per heavy atom. The fourth-order valence-corrected chi connectivity index (χ4v) is 3.59. The molecule has 0 aliphatic heterocycles. The first-order valence-corrected chi connectivity index (χ1v) is 8.20. The minimum absolute atomic E-state index is 0.129. The van der Waals surface area contributed by atoms with E-state index in [1.807, 2.05) is 19.2 Å². The van der Waals surface area contributed by atoms with E-state index in [4.69, 9.17) is 11.6 Å². The smallest absolute Gasteiger partial charge is 0.167 e. The predicted molar refractivity (Wildman–Crippen MR) is 86.8 cm³/mol. The second kappa shape index (κ2) is 6.34. The second-order valence-corrected chi connectivity index (χ2v) is 6.69. The summed E-state index contributed by atoms with van der Waals surface area (Å²) in [6, 6.07) is 8.46. The van der Waals surface area contributed by atoms with E-state index < -0.39 is 0 Å². The molecule has 2 aromatic rings. The number of rotatable bonds is 5. The standard InChI is InChI=1S/C16H22ClN5/c1-12(15-19-20-21-22(15)2)18-11-16(9-3-4-10-16)13-5-7-14(17)8-6-13/h5-8,12,18H,3-4,9-11H2,1-2H3. The molecular formula is C16H22ClN5. The maximum atomic E-state index is 6.04. The summed E-state index contributed by atoms with van der Waals surface area (Å²) in [6.45, 7) is 3.04. The molecule has 0 spiro atoms. The summed E-state index contributed by atoms with van der Waals surface area (Å²) in [7, 11) is 1.87. The highest BCUT2D eigenvalue weighted by Crippen LogP contribution is 2.41. The molecule has 1 saturated carbocycles. The number of nitrogens with zero attached hydrogens (tertiary/aromatic N) is 4. The van der Waals surface area contributed by atoms with Gasteiger partial charge in [0.05, 0.1) is 6.04 Å². The summed E-state index contributed by atoms with van der Waals surface area (Å²) in [5.74, 6) is 0.865. The fraction of sp³-hybridized carbons (Fsp3) is 0.562. The molecule has 0 amide bonds. The summed E-state index contributed by atoms with van der Waals surface area (Å²) in [5, 5.41) is 16.1. The molecule has 1 heterocycles. The predicted octanol–water partition coefficient (Wildman–Crippen LogP) is 3.03. The molecule has 1 N–H and O–H groups in total. The van der Waals surface area contributed by atoms with Crippen LogP contribution in [0.25, 0.3) is 0 Å². The number of halogens is 1. The Morgan fingerprint density at radius 2 is 1.95 bits per heavy atom. The maximum Gasteiger partial charge on any atom is 0.167 e.